The molecule has 1 aliphatic heterocycles. The van der Waals surface area contributed by atoms with Gasteiger partial charge in [-0.1, -0.05) is 0 Å². The van der Waals surface area contributed by atoms with Gasteiger partial charge < -0.3 is 4.90 Å². The number of aryl methyl sites for hydroxylation is 1. The summed E-state index contributed by atoms with van der Waals surface area (Å²) in [5, 5.41) is 12.6. The van der Waals surface area contributed by atoms with E-state index in [1.807, 2.05) is 0 Å². The summed E-state index contributed by atoms with van der Waals surface area (Å²) in [6, 6.07) is 3.73. The quantitative estimate of drug-likeness (QED) is 0.756. The fourth-order valence-corrected chi connectivity index (χ4v) is 2.22. The number of nitrogens with zero attached hydrogens (tertiary/aromatic N) is 4. The van der Waals surface area contributed by atoms with Gasteiger partial charge in [0.1, 0.15) is 0 Å². The Morgan fingerprint density at radius 2 is 2.11 bits per heavy atom. The SMILES string of the molecule is N#CCCCn1ncc(N2CCCCC2)cc1=O. The van der Waals surface area contributed by atoms with Crippen LogP contribution >= 0.6 is 0 Å². The van der Waals surface area contributed by atoms with Gasteiger partial charge >= 0.3 is 0 Å². The summed E-state index contributed by atoms with van der Waals surface area (Å²) in [5.41, 5.74) is 0.854. The Morgan fingerprint density at radius 3 is 2.78 bits per heavy atom. The molecule has 0 unspecified atom stereocenters. The van der Waals surface area contributed by atoms with Crippen molar-refractivity contribution >= 4 is 5.69 Å². The highest BCUT2D eigenvalue weighted by atomic mass is 16.1. The van der Waals surface area contributed by atoms with Crippen LogP contribution in [0.1, 0.15) is 32.1 Å². The third-order valence-electron chi connectivity index (χ3n) is 3.23. The van der Waals surface area contributed by atoms with E-state index in [-0.39, 0.29) is 5.56 Å². The Hall–Kier alpha value is -1.83. The van der Waals surface area contributed by atoms with Crippen molar-refractivity contribution in [3.63, 3.8) is 0 Å². The van der Waals surface area contributed by atoms with E-state index in [9.17, 15) is 4.79 Å². The number of hydrogen-bond acceptors (Lipinski definition) is 4. The second-order valence-corrected chi connectivity index (χ2v) is 4.58. The first-order valence-electron chi connectivity index (χ1n) is 6.50. The summed E-state index contributed by atoms with van der Waals surface area (Å²) in [4.78, 5) is 14.1. The maximum absolute atomic E-state index is 11.9. The van der Waals surface area contributed by atoms with Gasteiger partial charge in [0.05, 0.1) is 18.0 Å². The molecule has 0 saturated carbocycles. The molecule has 1 aromatic rings. The largest absolute Gasteiger partial charge is 0.370 e. The number of piperidine rings is 1. The number of anilines is 1. The molecule has 96 valence electrons. The molecule has 5 nitrogen and oxygen atoms in total. The Morgan fingerprint density at radius 1 is 1.33 bits per heavy atom. The van der Waals surface area contributed by atoms with Crippen molar-refractivity contribution in [1.82, 2.24) is 9.78 Å². The van der Waals surface area contributed by atoms with Crippen LogP contribution in [0, 0.1) is 11.3 Å². The number of hydrogen-bond donors (Lipinski definition) is 0. The molecule has 0 aromatic carbocycles. The van der Waals surface area contributed by atoms with E-state index in [1.165, 1.54) is 23.9 Å². The van der Waals surface area contributed by atoms with E-state index in [1.54, 1.807) is 12.3 Å². The average Bonchev–Trinajstić information content (AvgIpc) is 2.42. The lowest BCUT2D eigenvalue weighted by Crippen LogP contribution is -2.32. The van der Waals surface area contributed by atoms with Gasteiger partial charge in [0.2, 0.25) is 0 Å². The highest BCUT2D eigenvalue weighted by Gasteiger charge is 2.12. The van der Waals surface area contributed by atoms with Gasteiger partial charge in [-0.05, 0) is 25.7 Å². The second-order valence-electron chi connectivity index (χ2n) is 4.58. The first-order valence-corrected chi connectivity index (χ1v) is 6.50. The molecule has 0 bridgehead atoms. The fourth-order valence-electron chi connectivity index (χ4n) is 2.22. The summed E-state index contributed by atoms with van der Waals surface area (Å²) < 4.78 is 1.44. The lowest BCUT2D eigenvalue weighted by molar-refractivity contribution is 0.545. The van der Waals surface area contributed by atoms with Crippen molar-refractivity contribution < 1.29 is 0 Å². The van der Waals surface area contributed by atoms with Gasteiger partial charge in [0.25, 0.3) is 5.56 Å². The van der Waals surface area contributed by atoms with Crippen LogP contribution in [0.15, 0.2) is 17.1 Å². The van der Waals surface area contributed by atoms with E-state index in [0.717, 1.165) is 18.8 Å². The first kappa shape index (κ1) is 12.6. The lowest BCUT2D eigenvalue weighted by Gasteiger charge is -2.28. The summed E-state index contributed by atoms with van der Waals surface area (Å²) >= 11 is 0. The molecule has 5 heteroatoms. The zero-order valence-corrected chi connectivity index (χ0v) is 10.5. The Balaban J connectivity index is 2.04. The van der Waals surface area contributed by atoms with Crippen LogP contribution < -0.4 is 10.5 Å². The molecule has 0 atom stereocenters. The standard InChI is InChI=1S/C13H18N4O/c14-6-2-5-9-17-13(18)10-12(11-15-17)16-7-3-1-4-8-16/h10-11H,1-5,7-9H2. The molecule has 0 spiro atoms. The predicted octanol–water partition coefficient (Wildman–Crippen LogP) is 1.54. The van der Waals surface area contributed by atoms with Crippen LogP contribution in [0.2, 0.25) is 0 Å². The van der Waals surface area contributed by atoms with E-state index in [2.05, 4.69) is 16.1 Å². The molecule has 2 heterocycles. The van der Waals surface area contributed by atoms with Gasteiger partial charge in [0.15, 0.2) is 0 Å². The van der Waals surface area contributed by atoms with Crippen LogP contribution in [-0.2, 0) is 6.54 Å². The normalized spacial score (nSPS) is 15.4. The topological polar surface area (TPSA) is 61.9 Å². The van der Waals surface area contributed by atoms with Crippen molar-refractivity contribution in [3.8, 4) is 6.07 Å². The zero-order chi connectivity index (χ0) is 12.8. The summed E-state index contributed by atoms with van der Waals surface area (Å²) in [5.74, 6) is 0. The summed E-state index contributed by atoms with van der Waals surface area (Å²) in [6.07, 6.45) is 6.54. The molecule has 1 saturated heterocycles. The molecule has 0 N–H and O–H groups in total. The highest BCUT2D eigenvalue weighted by molar-refractivity contribution is 5.43. The molecule has 1 aromatic heterocycles. The van der Waals surface area contributed by atoms with E-state index < -0.39 is 0 Å². The zero-order valence-electron chi connectivity index (χ0n) is 10.5. The number of rotatable bonds is 4. The van der Waals surface area contributed by atoms with Crippen LogP contribution in [0.3, 0.4) is 0 Å². The van der Waals surface area contributed by atoms with Gasteiger partial charge in [-0.15, -0.1) is 0 Å². The number of aromatic nitrogens is 2. The van der Waals surface area contributed by atoms with Crippen molar-refractivity contribution in [1.29, 1.82) is 5.26 Å². The van der Waals surface area contributed by atoms with Crippen LogP contribution in [0.5, 0.6) is 0 Å². The predicted molar refractivity (Wildman–Crippen MR) is 69.4 cm³/mol. The molecule has 1 fully saturated rings. The molecule has 0 radical (unpaired) electrons. The van der Waals surface area contributed by atoms with Crippen LogP contribution in [-0.4, -0.2) is 22.9 Å². The number of unbranched alkanes of at least 4 members (excludes halogenated alkanes) is 1. The Labute approximate surface area is 107 Å². The van der Waals surface area contributed by atoms with Crippen LogP contribution in [0.25, 0.3) is 0 Å². The molecular weight excluding hydrogens is 228 g/mol. The monoisotopic (exact) mass is 246 g/mol. The first-order chi connectivity index (χ1) is 8.81. The molecule has 0 amide bonds. The molecular formula is C13H18N4O. The molecule has 0 aliphatic carbocycles. The van der Waals surface area contributed by atoms with Crippen LogP contribution in [0.4, 0.5) is 5.69 Å². The minimum atomic E-state index is -0.0731. The van der Waals surface area contributed by atoms with Gasteiger partial charge in [-0.2, -0.15) is 10.4 Å². The molecule has 2 rings (SSSR count). The lowest BCUT2D eigenvalue weighted by atomic mass is 10.1. The third-order valence-corrected chi connectivity index (χ3v) is 3.23. The minimum Gasteiger partial charge on any atom is -0.370 e. The average molecular weight is 246 g/mol. The molecule has 1 aliphatic rings. The Bertz CT molecular complexity index is 482. The molecule has 18 heavy (non-hydrogen) atoms. The summed E-state index contributed by atoms with van der Waals surface area (Å²) in [6.45, 7) is 2.55. The maximum Gasteiger partial charge on any atom is 0.268 e. The van der Waals surface area contributed by atoms with Gasteiger partial charge in [-0.25, -0.2) is 4.68 Å². The van der Waals surface area contributed by atoms with Crippen molar-refractivity contribution in [2.45, 2.75) is 38.6 Å². The summed E-state index contributed by atoms with van der Waals surface area (Å²) in [7, 11) is 0. The minimum absolute atomic E-state index is 0.0731. The van der Waals surface area contributed by atoms with E-state index in [0.29, 0.717) is 19.4 Å². The maximum atomic E-state index is 11.9. The van der Waals surface area contributed by atoms with Crippen molar-refractivity contribution in [2.24, 2.45) is 0 Å². The van der Waals surface area contributed by atoms with Crippen molar-refractivity contribution in [3.05, 3.63) is 22.6 Å². The number of nitriles is 1. The second kappa shape index (κ2) is 6.20. The highest BCUT2D eigenvalue weighted by Crippen LogP contribution is 2.16. The van der Waals surface area contributed by atoms with E-state index >= 15 is 0 Å². The smallest absolute Gasteiger partial charge is 0.268 e. The Kier molecular flexibility index (Phi) is 4.35. The van der Waals surface area contributed by atoms with Crippen molar-refractivity contribution in [2.75, 3.05) is 18.0 Å². The fraction of sp³-hybridized carbons (Fsp3) is 0.615. The van der Waals surface area contributed by atoms with Gasteiger partial charge in [-0.3, -0.25) is 4.79 Å². The third kappa shape index (κ3) is 3.10. The van der Waals surface area contributed by atoms with Gasteiger partial charge in [0, 0.05) is 32.1 Å². The van der Waals surface area contributed by atoms with E-state index in [4.69, 9.17) is 5.26 Å².